The normalized spacial score (nSPS) is 11.6. The van der Waals surface area contributed by atoms with Crippen LogP contribution < -0.4 is 11.2 Å². The van der Waals surface area contributed by atoms with Gasteiger partial charge in [-0.25, -0.2) is 10.3 Å². The van der Waals surface area contributed by atoms with Crippen LogP contribution in [0.4, 0.5) is 4.79 Å². The van der Waals surface area contributed by atoms with E-state index in [1.54, 1.807) is 6.92 Å². The summed E-state index contributed by atoms with van der Waals surface area (Å²) in [4.78, 5) is 14.6. The van der Waals surface area contributed by atoms with Crippen LogP contribution in [0, 0.1) is 11.3 Å². The van der Waals surface area contributed by atoms with E-state index in [9.17, 15) is 4.79 Å². The summed E-state index contributed by atoms with van der Waals surface area (Å²) in [5, 5.41) is 8.13. The van der Waals surface area contributed by atoms with E-state index in [2.05, 4.69) is 10.6 Å². The molecule has 3 N–H and O–H groups in total. The maximum Gasteiger partial charge on any atom is 0.336 e. The number of nitrogens with two attached hydrogens (primary N) is 1. The predicted octanol–water partition coefficient (Wildman–Crippen LogP) is -0.112. The average molecular weight is 143 g/mol. The second kappa shape index (κ2) is 4.58. The van der Waals surface area contributed by atoms with Crippen molar-refractivity contribution in [1.29, 1.82) is 5.26 Å². The van der Waals surface area contributed by atoms with E-state index in [0.717, 1.165) is 0 Å². The van der Waals surface area contributed by atoms with Crippen LogP contribution in [-0.4, -0.2) is 12.1 Å². The number of hydrogen-bond donors (Lipinski definition) is 2. The molecule has 0 bridgehead atoms. The molecule has 0 radical (unpaired) electrons. The highest BCUT2D eigenvalue weighted by atomic mass is 16.7. The fraction of sp³-hybridized carbons (Fsp3) is 0.600. The van der Waals surface area contributed by atoms with Crippen molar-refractivity contribution in [3.05, 3.63) is 0 Å². The predicted molar refractivity (Wildman–Crippen MR) is 33.5 cm³/mol. The average Bonchev–Trinajstić information content (AvgIpc) is 1.85. The Kier molecular flexibility index (Phi) is 4.00. The number of rotatable bonds is 3. The molecule has 1 unspecified atom stereocenters. The lowest BCUT2D eigenvalue weighted by molar-refractivity contribution is 0.0110. The van der Waals surface area contributed by atoms with Gasteiger partial charge in [0.25, 0.3) is 0 Å². The Balaban J connectivity index is 3.32. The Morgan fingerprint density at radius 3 is 3.00 bits per heavy atom. The van der Waals surface area contributed by atoms with E-state index in [1.165, 1.54) is 0 Å². The summed E-state index contributed by atoms with van der Waals surface area (Å²) in [6.07, 6.45) is -0.0993. The first-order valence-corrected chi connectivity index (χ1v) is 2.75. The molecule has 56 valence electrons. The van der Waals surface area contributed by atoms with Crippen molar-refractivity contribution in [2.75, 3.05) is 0 Å². The van der Waals surface area contributed by atoms with Crippen molar-refractivity contribution in [1.82, 2.24) is 5.48 Å². The minimum absolute atomic E-state index is 0.223. The molecule has 5 nitrogen and oxygen atoms in total. The van der Waals surface area contributed by atoms with Crippen LogP contribution in [-0.2, 0) is 4.84 Å². The molecule has 0 saturated carbocycles. The van der Waals surface area contributed by atoms with E-state index in [-0.39, 0.29) is 12.5 Å². The molecule has 0 aliphatic heterocycles. The Bertz CT molecular complexity index is 151. The van der Waals surface area contributed by atoms with E-state index < -0.39 is 6.03 Å². The largest absolute Gasteiger partial charge is 0.350 e. The van der Waals surface area contributed by atoms with Crippen LogP contribution in [0.5, 0.6) is 0 Å². The second-order valence-electron chi connectivity index (χ2n) is 1.76. The summed E-state index contributed by atoms with van der Waals surface area (Å²) >= 11 is 0. The quantitative estimate of drug-likeness (QED) is 0.540. The van der Waals surface area contributed by atoms with Crippen LogP contribution in [0.15, 0.2) is 0 Å². The molecular weight excluding hydrogens is 134 g/mol. The molecule has 0 heterocycles. The molecule has 0 aliphatic rings. The summed E-state index contributed by atoms with van der Waals surface area (Å²) in [7, 11) is 0. The van der Waals surface area contributed by atoms with Crippen molar-refractivity contribution in [2.24, 2.45) is 5.73 Å². The molecule has 2 amide bonds. The smallest absolute Gasteiger partial charge is 0.336 e. The van der Waals surface area contributed by atoms with Crippen molar-refractivity contribution >= 4 is 6.03 Å². The number of nitrogens with one attached hydrogen (secondary N) is 1. The lowest BCUT2D eigenvalue weighted by atomic mass is 10.3. The monoisotopic (exact) mass is 143 g/mol. The number of nitrogens with zero attached hydrogens (tertiary/aromatic N) is 1. The third kappa shape index (κ3) is 4.87. The van der Waals surface area contributed by atoms with E-state index in [4.69, 9.17) is 5.26 Å². The third-order valence-corrected chi connectivity index (χ3v) is 0.739. The van der Waals surface area contributed by atoms with Crippen LogP contribution in [0.2, 0.25) is 0 Å². The molecule has 5 heteroatoms. The molecular formula is C5H9N3O2. The molecule has 0 rings (SSSR count). The number of primary amides is 1. The standard InChI is InChI=1S/C5H9N3O2/c1-4(2-3-6)10-8-5(7)9/h4H,2H2,1H3,(H3,7,8,9). The zero-order chi connectivity index (χ0) is 7.98. The van der Waals surface area contributed by atoms with Gasteiger partial charge in [0.2, 0.25) is 0 Å². The molecule has 0 aliphatic carbocycles. The fourth-order valence-electron chi connectivity index (χ4n) is 0.329. The van der Waals surface area contributed by atoms with Gasteiger partial charge in [0.15, 0.2) is 0 Å². The summed E-state index contributed by atoms with van der Waals surface area (Å²) in [6, 6.07) is 1.11. The van der Waals surface area contributed by atoms with Gasteiger partial charge in [-0.1, -0.05) is 0 Å². The molecule has 0 fully saturated rings. The molecule has 1 atom stereocenters. The van der Waals surface area contributed by atoms with Crippen molar-refractivity contribution < 1.29 is 9.63 Å². The van der Waals surface area contributed by atoms with Crippen LogP contribution in [0.1, 0.15) is 13.3 Å². The van der Waals surface area contributed by atoms with Gasteiger partial charge in [0.1, 0.15) is 0 Å². The Morgan fingerprint density at radius 1 is 2.00 bits per heavy atom. The molecule has 0 spiro atoms. The topological polar surface area (TPSA) is 88.1 Å². The number of amides is 2. The highest BCUT2D eigenvalue weighted by Crippen LogP contribution is 1.91. The van der Waals surface area contributed by atoms with Gasteiger partial charge in [-0.3, -0.25) is 4.84 Å². The van der Waals surface area contributed by atoms with Gasteiger partial charge in [-0.2, -0.15) is 5.26 Å². The Morgan fingerprint density at radius 2 is 2.60 bits per heavy atom. The second-order valence-corrected chi connectivity index (χ2v) is 1.76. The first kappa shape index (κ1) is 8.72. The van der Waals surface area contributed by atoms with Gasteiger partial charge in [-0.15, -0.1) is 0 Å². The zero-order valence-electron chi connectivity index (χ0n) is 5.63. The lowest BCUT2D eigenvalue weighted by Crippen LogP contribution is -2.32. The first-order valence-electron chi connectivity index (χ1n) is 2.75. The van der Waals surface area contributed by atoms with Crippen molar-refractivity contribution in [3.8, 4) is 6.07 Å². The molecule has 0 aromatic rings. The third-order valence-electron chi connectivity index (χ3n) is 0.739. The number of carbonyl (C=O) groups is 1. The molecule has 0 aromatic carbocycles. The van der Waals surface area contributed by atoms with Gasteiger partial charge in [0, 0.05) is 0 Å². The van der Waals surface area contributed by atoms with Gasteiger partial charge < -0.3 is 5.73 Å². The minimum Gasteiger partial charge on any atom is -0.350 e. The summed E-state index contributed by atoms with van der Waals surface area (Å²) in [5.41, 5.74) is 6.60. The number of carbonyl (C=O) groups excluding carboxylic acids is 1. The summed E-state index contributed by atoms with van der Waals surface area (Å²) in [5.74, 6) is 0. The van der Waals surface area contributed by atoms with Crippen LogP contribution in [0.3, 0.4) is 0 Å². The van der Waals surface area contributed by atoms with Gasteiger partial charge in [0.05, 0.1) is 18.6 Å². The van der Waals surface area contributed by atoms with Crippen molar-refractivity contribution in [3.63, 3.8) is 0 Å². The van der Waals surface area contributed by atoms with Crippen LogP contribution in [0.25, 0.3) is 0 Å². The highest BCUT2D eigenvalue weighted by Gasteiger charge is 2.00. The lowest BCUT2D eigenvalue weighted by Gasteiger charge is -2.06. The fourth-order valence-corrected chi connectivity index (χ4v) is 0.329. The van der Waals surface area contributed by atoms with E-state index in [0.29, 0.717) is 0 Å². The van der Waals surface area contributed by atoms with E-state index in [1.807, 2.05) is 11.5 Å². The number of urea groups is 1. The number of nitriles is 1. The maximum atomic E-state index is 10.0. The van der Waals surface area contributed by atoms with E-state index >= 15 is 0 Å². The zero-order valence-corrected chi connectivity index (χ0v) is 5.63. The Labute approximate surface area is 58.7 Å². The van der Waals surface area contributed by atoms with Gasteiger partial charge in [-0.05, 0) is 6.92 Å². The first-order chi connectivity index (χ1) is 4.66. The molecule has 0 aromatic heterocycles. The highest BCUT2D eigenvalue weighted by molar-refractivity contribution is 5.70. The SMILES string of the molecule is CC(CC#N)ONC(N)=O. The molecule has 10 heavy (non-hydrogen) atoms. The molecule has 0 saturated heterocycles. The van der Waals surface area contributed by atoms with Gasteiger partial charge >= 0.3 is 6.03 Å². The van der Waals surface area contributed by atoms with Crippen molar-refractivity contribution in [2.45, 2.75) is 19.4 Å². The summed E-state index contributed by atoms with van der Waals surface area (Å²) in [6.45, 7) is 1.65. The van der Waals surface area contributed by atoms with Crippen LogP contribution >= 0.6 is 0 Å². The number of hydrogen-bond acceptors (Lipinski definition) is 3. The minimum atomic E-state index is -0.759. The summed E-state index contributed by atoms with van der Waals surface area (Å²) < 4.78 is 0. The number of hydroxylamine groups is 1. The maximum absolute atomic E-state index is 10.0. The Hall–Kier alpha value is -1.28.